The molecule has 1 fully saturated rings. The molecule has 0 aliphatic carbocycles. The van der Waals surface area contributed by atoms with Crippen LogP contribution in [-0.4, -0.2) is 78.9 Å². The number of carboxylic acids is 1. The summed E-state index contributed by atoms with van der Waals surface area (Å²) in [7, 11) is 1.45. The Labute approximate surface area is 119 Å². The average molecular weight is 287 g/mol. The summed E-state index contributed by atoms with van der Waals surface area (Å²) in [6.45, 7) is 7.67. The number of urea groups is 1. The zero-order valence-electron chi connectivity index (χ0n) is 12.5. The molecule has 1 heterocycles. The molecule has 1 saturated heterocycles. The van der Waals surface area contributed by atoms with Crippen LogP contribution in [0.1, 0.15) is 20.3 Å². The van der Waals surface area contributed by atoms with Crippen LogP contribution in [0.4, 0.5) is 4.79 Å². The second-order valence-electron chi connectivity index (χ2n) is 5.07. The summed E-state index contributed by atoms with van der Waals surface area (Å²) in [5, 5.41) is 11.5. The predicted molar refractivity (Wildman–Crippen MR) is 74.7 cm³/mol. The number of carbonyl (C=O) groups is 2. The molecular weight excluding hydrogens is 262 g/mol. The van der Waals surface area contributed by atoms with Gasteiger partial charge in [-0.15, -0.1) is 0 Å². The minimum absolute atomic E-state index is 0.114. The number of nitrogens with one attached hydrogen (secondary N) is 1. The zero-order valence-corrected chi connectivity index (χ0v) is 12.5. The number of amides is 2. The van der Waals surface area contributed by atoms with Gasteiger partial charge in [0, 0.05) is 39.3 Å². The van der Waals surface area contributed by atoms with Gasteiger partial charge in [0.25, 0.3) is 0 Å². The van der Waals surface area contributed by atoms with Crippen molar-refractivity contribution in [1.82, 2.24) is 15.1 Å². The number of carboxylic acid groups (broad SMARTS) is 1. The number of likely N-dealkylation sites (N-methyl/N-ethyl adjacent to an activating group) is 1. The third-order valence-corrected chi connectivity index (χ3v) is 3.68. The van der Waals surface area contributed by atoms with Crippen LogP contribution >= 0.6 is 0 Å². The highest BCUT2D eigenvalue weighted by atomic mass is 16.5. The van der Waals surface area contributed by atoms with Crippen molar-refractivity contribution in [2.75, 3.05) is 39.8 Å². The average Bonchev–Trinajstić information content (AvgIpc) is 2.42. The SMILES string of the molecule is CCN1CCN(C(=O)NCC(CC(=O)O)OC)CC1C. The van der Waals surface area contributed by atoms with Gasteiger partial charge in [0.05, 0.1) is 12.5 Å². The number of hydrogen-bond donors (Lipinski definition) is 2. The van der Waals surface area contributed by atoms with Crippen LogP contribution < -0.4 is 5.32 Å². The summed E-state index contributed by atoms with van der Waals surface area (Å²) in [4.78, 5) is 26.8. The molecule has 7 heteroatoms. The predicted octanol–water partition coefficient (Wildman–Crippen LogP) is 0.212. The molecule has 2 amide bonds. The number of hydrogen-bond acceptors (Lipinski definition) is 4. The van der Waals surface area contributed by atoms with E-state index in [9.17, 15) is 9.59 Å². The fraction of sp³-hybridized carbons (Fsp3) is 0.846. The minimum Gasteiger partial charge on any atom is -0.481 e. The van der Waals surface area contributed by atoms with Crippen molar-refractivity contribution in [3.05, 3.63) is 0 Å². The molecule has 2 atom stereocenters. The number of aliphatic carboxylic acids is 1. The summed E-state index contributed by atoms with van der Waals surface area (Å²) in [5.41, 5.74) is 0. The Kier molecular flexibility index (Phi) is 6.74. The summed E-state index contributed by atoms with van der Waals surface area (Å²) >= 11 is 0. The molecule has 0 aromatic carbocycles. The first-order valence-corrected chi connectivity index (χ1v) is 6.99. The van der Waals surface area contributed by atoms with E-state index in [1.807, 2.05) is 0 Å². The zero-order chi connectivity index (χ0) is 15.1. The van der Waals surface area contributed by atoms with E-state index in [2.05, 4.69) is 24.1 Å². The third-order valence-electron chi connectivity index (χ3n) is 3.68. The lowest BCUT2D eigenvalue weighted by atomic mass is 10.2. The van der Waals surface area contributed by atoms with Crippen molar-refractivity contribution in [2.24, 2.45) is 0 Å². The molecule has 116 valence electrons. The highest BCUT2D eigenvalue weighted by Crippen LogP contribution is 2.09. The van der Waals surface area contributed by atoms with E-state index in [1.54, 1.807) is 4.90 Å². The summed E-state index contributed by atoms with van der Waals surface area (Å²) in [5.74, 6) is -0.934. The van der Waals surface area contributed by atoms with Crippen LogP contribution in [0.3, 0.4) is 0 Å². The maximum Gasteiger partial charge on any atom is 0.317 e. The number of methoxy groups -OCH3 is 1. The Morgan fingerprint density at radius 1 is 1.45 bits per heavy atom. The molecular formula is C13H25N3O4. The van der Waals surface area contributed by atoms with E-state index < -0.39 is 12.1 Å². The van der Waals surface area contributed by atoms with E-state index in [4.69, 9.17) is 9.84 Å². The minimum atomic E-state index is -0.934. The van der Waals surface area contributed by atoms with Gasteiger partial charge in [0.15, 0.2) is 0 Å². The smallest absolute Gasteiger partial charge is 0.317 e. The Bertz CT molecular complexity index is 338. The Morgan fingerprint density at radius 3 is 2.65 bits per heavy atom. The van der Waals surface area contributed by atoms with E-state index in [-0.39, 0.29) is 19.0 Å². The fourth-order valence-electron chi connectivity index (χ4n) is 2.40. The van der Waals surface area contributed by atoms with Gasteiger partial charge in [-0.05, 0) is 13.5 Å². The number of carbonyl (C=O) groups excluding carboxylic acids is 1. The van der Waals surface area contributed by atoms with Crippen LogP contribution in [0.2, 0.25) is 0 Å². The lowest BCUT2D eigenvalue weighted by molar-refractivity contribution is -0.139. The number of piperazine rings is 1. The van der Waals surface area contributed by atoms with Crippen molar-refractivity contribution >= 4 is 12.0 Å². The van der Waals surface area contributed by atoms with Gasteiger partial charge < -0.3 is 20.1 Å². The Balaban J connectivity index is 2.37. The van der Waals surface area contributed by atoms with Crippen LogP contribution in [0, 0.1) is 0 Å². The monoisotopic (exact) mass is 287 g/mol. The van der Waals surface area contributed by atoms with Gasteiger partial charge >= 0.3 is 12.0 Å². The molecule has 0 aromatic rings. The van der Waals surface area contributed by atoms with Gasteiger partial charge in [0.1, 0.15) is 0 Å². The van der Waals surface area contributed by atoms with Crippen molar-refractivity contribution in [3.63, 3.8) is 0 Å². The van der Waals surface area contributed by atoms with Gasteiger partial charge in [0.2, 0.25) is 0 Å². The quantitative estimate of drug-likeness (QED) is 0.730. The van der Waals surface area contributed by atoms with Crippen LogP contribution in [0.15, 0.2) is 0 Å². The molecule has 20 heavy (non-hydrogen) atoms. The summed E-state index contributed by atoms with van der Waals surface area (Å²) in [6.07, 6.45) is -0.609. The standard InChI is InChI=1S/C13H25N3O4/c1-4-15-5-6-16(9-10(15)2)13(19)14-8-11(20-3)7-12(17)18/h10-11H,4-9H2,1-3H3,(H,14,19)(H,17,18). The van der Waals surface area contributed by atoms with E-state index in [0.717, 1.165) is 13.1 Å². The molecule has 0 spiro atoms. The van der Waals surface area contributed by atoms with Gasteiger partial charge in [-0.1, -0.05) is 6.92 Å². The second-order valence-corrected chi connectivity index (χ2v) is 5.07. The van der Waals surface area contributed by atoms with Crippen LogP contribution in [0.25, 0.3) is 0 Å². The lowest BCUT2D eigenvalue weighted by Crippen LogP contribution is -2.56. The number of nitrogens with zero attached hydrogens (tertiary/aromatic N) is 2. The second kappa shape index (κ2) is 8.06. The van der Waals surface area contributed by atoms with E-state index in [1.165, 1.54) is 7.11 Å². The molecule has 0 bridgehead atoms. The first kappa shape index (κ1) is 16.7. The topological polar surface area (TPSA) is 82.1 Å². The van der Waals surface area contributed by atoms with Crippen molar-refractivity contribution < 1.29 is 19.4 Å². The van der Waals surface area contributed by atoms with Gasteiger partial charge in [-0.3, -0.25) is 9.69 Å². The van der Waals surface area contributed by atoms with Crippen LogP contribution in [0.5, 0.6) is 0 Å². The normalized spacial score (nSPS) is 21.6. The first-order chi connectivity index (χ1) is 9.47. The van der Waals surface area contributed by atoms with Gasteiger partial charge in [-0.2, -0.15) is 0 Å². The maximum atomic E-state index is 12.0. The van der Waals surface area contributed by atoms with Crippen LogP contribution in [-0.2, 0) is 9.53 Å². The molecule has 1 aliphatic rings. The Morgan fingerprint density at radius 2 is 2.15 bits per heavy atom. The summed E-state index contributed by atoms with van der Waals surface area (Å²) in [6, 6.07) is 0.191. The van der Waals surface area contributed by atoms with E-state index >= 15 is 0 Å². The first-order valence-electron chi connectivity index (χ1n) is 6.99. The Hall–Kier alpha value is -1.34. The lowest BCUT2D eigenvalue weighted by Gasteiger charge is -2.39. The maximum absolute atomic E-state index is 12.0. The van der Waals surface area contributed by atoms with Crippen molar-refractivity contribution in [3.8, 4) is 0 Å². The van der Waals surface area contributed by atoms with Gasteiger partial charge in [-0.25, -0.2) is 4.79 Å². The molecule has 1 aliphatic heterocycles. The highest BCUT2D eigenvalue weighted by molar-refractivity contribution is 5.74. The number of ether oxygens (including phenoxy) is 1. The molecule has 1 rings (SSSR count). The summed E-state index contributed by atoms with van der Waals surface area (Å²) < 4.78 is 5.03. The number of rotatable bonds is 6. The van der Waals surface area contributed by atoms with Crippen molar-refractivity contribution in [2.45, 2.75) is 32.4 Å². The van der Waals surface area contributed by atoms with Crippen molar-refractivity contribution in [1.29, 1.82) is 0 Å². The molecule has 2 unspecified atom stereocenters. The molecule has 0 saturated carbocycles. The highest BCUT2D eigenvalue weighted by Gasteiger charge is 2.26. The fourth-order valence-corrected chi connectivity index (χ4v) is 2.40. The molecule has 2 N–H and O–H groups in total. The molecule has 0 aromatic heterocycles. The molecule has 0 radical (unpaired) electrons. The molecule has 7 nitrogen and oxygen atoms in total. The van der Waals surface area contributed by atoms with E-state index in [0.29, 0.717) is 19.1 Å². The largest absolute Gasteiger partial charge is 0.481 e. The third kappa shape index (κ3) is 4.97.